The molecule has 1 aliphatic carbocycles. The highest BCUT2D eigenvalue weighted by atomic mass is 16.5. The number of hydrogen-bond donors (Lipinski definition) is 0. The van der Waals surface area contributed by atoms with E-state index >= 15 is 0 Å². The van der Waals surface area contributed by atoms with Crippen LogP contribution in [0.1, 0.15) is 39.5 Å². The average molecular weight is 390 g/mol. The highest BCUT2D eigenvalue weighted by Gasteiger charge is 2.55. The largest absolute Gasteiger partial charge is 0.492 e. The summed E-state index contributed by atoms with van der Waals surface area (Å²) in [4.78, 5) is 42.8. The van der Waals surface area contributed by atoms with Crippen molar-refractivity contribution in [2.24, 2.45) is 0 Å². The predicted molar refractivity (Wildman–Crippen MR) is 104 cm³/mol. The lowest BCUT2D eigenvalue weighted by Gasteiger charge is -2.51. The quantitative estimate of drug-likeness (QED) is 0.484. The number of Topliss-reactive ketones (excluding diaryl/α,β-unsaturated/α-hetero) is 2. The Bertz CT molecular complexity index is 754. The summed E-state index contributed by atoms with van der Waals surface area (Å²) in [5.74, 6) is -0.502. The minimum atomic E-state index is -0.738. The molecule has 0 aromatic rings. The van der Waals surface area contributed by atoms with Gasteiger partial charge in [0.15, 0.2) is 11.5 Å². The lowest BCUT2D eigenvalue weighted by atomic mass is 9.75. The second-order valence-electron chi connectivity index (χ2n) is 7.84. The summed E-state index contributed by atoms with van der Waals surface area (Å²) in [6, 6.07) is -0.931. The second-order valence-corrected chi connectivity index (χ2v) is 7.84. The highest BCUT2D eigenvalue weighted by Crippen LogP contribution is 2.40. The van der Waals surface area contributed by atoms with E-state index in [0.717, 1.165) is 25.7 Å². The van der Waals surface area contributed by atoms with Crippen molar-refractivity contribution in [1.29, 1.82) is 0 Å². The third-order valence-electron chi connectivity index (χ3n) is 6.08. The molecule has 7 nitrogen and oxygen atoms in total. The van der Waals surface area contributed by atoms with Crippen molar-refractivity contribution in [1.82, 2.24) is 9.80 Å². The zero-order valence-corrected chi connectivity index (χ0v) is 17.4. The summed E-state index contributed by atoms with van der Waals surface area (Å²) in [6.45, 7) is 4.56. The van der Waals surface area contributed by atoms with E-state index in [-0.39, 0.29) is 34.8 Å². The lowest BCUT2D eigenvalue weighted by molar-refractivity contribution is -0.151. The van der Waals surface area contributed by atoms with Crippen molar-refractivity contribution in [2.45, 2.75) is 57.7 Å². The molecule has 0 N–H and O–H groups in total. The van der Waals surface area contributed by atoms with Crippen molar-refractivity contribution >= 4 is 17.5 Å². The van der Waals surface area contributed by atoms with Crippen LogP contribution in [0.25, 0.3) is 0 Å². The van der Waals surface area contributed by atoms with Gasteiger partial charge in [0.25, 0.3) is 0 Å². The van der Waals surface area contributed by atoms with Crippen LogP contribution >= 0.6 is 0 Å². The molecule has 0 radical (unpaired) electrons. The van der Waals surface area contributed by atoms with Gasteiger partial charge in [0.2, 0.25) is 11.7 Å². The van der Waals surface area contributed by atoms with Crippen LogP contribution in [0.4, 0.5) is 0 Å². The Kier molecular flexibility index (Phi) is 6.05. The van der Waals surface area contributed by atoms with Gasteiger partial charge < -0.3 is 14.4 Å². The van der Waals surface area contributed by atoms with Gasteiger partial charge in [-0.2, -0.15) is 0 Å². The van der Waals surface area contributed by atoms with Gasteiger partial charge in [-0.3, -0.25) is 19.3 Å². The molecule has 0 saturated carbocycles. The van der Waals surface area contributed by atoms with Gasteiger partial charge in [0.05, 0.1) is 13.2 Å². The summed E-state index contributed by atoms with van der Waals surface area (Å²) < 4.78 is 11.4. The maximum absolute atomic E-state index is 13.2. The van der Waals surface area contributed by atoms with Gasteiger partial charge >= 0.3 is 0 Å². The van der Waals surface area contributed by atoms with Crippen molar-refractivity contribution in [3.8, 4) is 0 Å². The second kappa shape index (κ2) is 8.17. The monoisotopic (exact) mass is 390 g/mol. The summed E-state index contributed by atoms with van der Waals surface area (Å²) in [5.41, 5.74) is 1.06. The van der Waals surface area contributed by atoms with E-state index in [4.69, 9.17) is 9.47 Å². The molecule has 0 aromatic heterocycles. The molecule has 0 aromatic carbocycles. The average Bonchev–Trinajstić information content (AvgIpc) is 2.66. The molecular formula is C21H30N2O5. The first-order chi connectivity index (χ1) is 13.3. The molecule has 1 saturated heterocycles. The molecule has 154 valence electrons. The van der Waals surface area contributed by atoms with Gasteiger partial charge in [-0.05, 0) is 20.4 Å². The van der Waals surface area contributed by atoms with Crippen LogP contribution in [0.3, 0.4) is 0 Å². The first kappa shape index (κ1) is 20.7. The maximum atomic E-state index is 13.2. The Labute approximate surface area is 166 Å². The number of carbonyl (C=O) groups excluding carboxylic acids is 3. The number of amides is 1. The molecular weight excluding hydrogens is 360 g/mol. The fourth-order valence-electron chi connectivity index (χ4n) is 4.48. The number of fused-ring (bicyclic) bond motifs is 3. The van der Waals surface area contributed by atoms with Crippen molar-refractivity contribution in [3.05, 3.63) is 22.5 Å². The highest BCUT2D eigenvalue weighted by molar-refractivity contribution is 6.25. The summed E-state index contributed by atoms with van der Waals surface area (Å²) in [7, 11) is 4.96. The van der Waals surface area contributed by atoms with Crippen LogP contribution in [-0.4, -0.2) is 79.8 Å². The predicted octanol–water partition coefficient (Wildman–Crippen LogP) is 1.48. The number of rotatable bonds is 7. The van der Waals surface area contributed by atoms with Gasteiger partial charge in [0, 0.05) is 36.9 Å². The molecule has 28 heavy (non-hydrogen) atoms. The lowest BCUT2D eigenvalue weighted by Crippen LogP contribution is -2.68. The van der Waals surface area contributed by atoms with E-state index in [9.17, 15) is 14.4 Å². The number of hydrogen-bond acceptors (Lipinski definition) is 6. The first-order valence-electron chi connectivity index (χ1n) is 10.0. The standard InChI is InChI=1S/C21H30N2O5/c1-6-7-8-9-10-28-20-15-14(18(25)19(27-5)12(2)17(15)24)13-11-22(3)21(26)16(20)23(13)4/h13,16,20H,6-11H2,1-5H3/t13-,16-,20-/m0/s1. The Morgan fingerprint density at radius 1 is 1.04 bits per heavy atom. The molecule has 2 bridgehead atoms. The fourth-order valence-corrected chi connectivity index (χ4v) is 4.48. The number of allylic oxidation sites excluding steroid dienone is 2. The zero-order valence-electron chi connectivity index (χ0n) is 17.4. The van der Waals surface area contributed by atoms with Gasteiger partial charge in [-0.25, -0.2) is 0 Å². The first-order valence-corrected chi connectivity index (χ1v) is 10.0. The number of unbranched alkanes of at least 4 members (excludes halogenated alkanes) is 3. The van der Waals surface area contributed by atoms with E-state index in [1.807, 2.05) is 11.9 Å². The third kappa shape index (κ3) is 3.20. The Morgan fingerprint density at radius 2 is 1.75 bits per heavy atom. The van der Waals surface area contributed by atoms with Crippen LogP contribution in [0.2, 0.25) is 0 Å². The number of carbonyl (C=O) groups is 3. The Morgan fingerprint density at radius 3 is 2.39 bits per heavy atom. The normalized spacial score (nSPS) is 28.2. The number of methoxy groups -OCH3 is 1. The molecule has 3 rings (SSSR count). The maximum Gasteiger partial charge on any atom is 0.242 e. The van der Waals surface area contributed by atoms with Crippen LogP contribution in [0.5, 0.6) is 0 Å². The van der Waals surface area contributed by atoms with Crippen LogP contribution in [-0.2, 0) is 23.9 Å². The molecule has 2 heterocycles. The minimum Gasteiger partial charge on any atom is -0.492 e. The molecule has 0 unspecified atom stereocenters. The SMILES string of the molecule is CCCCCCO[C@H]1C2=C(C(=O)C(OC)=C(C)C2=O)[C@@H]2CN(C)C(=O)[C@H]1N2C. The van der Waals surface area contributed by atoms with E-state index in [2.05, 4.69) is 6.92 Å². The van der Waals surface area contributed by atoms with Crippen LogP contribution < -0.4 is 0 Å². The van der Waals surface area contributed by atoms with E-state index in [1.54, 1.807) is 18.9 Å². The number of ether oxygens (including phenoxy) is 2. The van der Waals surface area contributed by atoms with Crippen molar-refractivity contribution < 1.29 is 23.9 Å². The number of nitrogens with zero attached hydrogens (tertiary/aromatic N) is 2. The van der Waals surface area contributed by atoms with Gasteiger partial charge in [-0.1, -0.05) is 26.2 Å². The number of likely N-dealkylation sites (N-methyl/N-ethyl adjacent to an activating group) is 2. The molecule has 2 aliphatic heterocycles. The molecule has 1 fully saturated rings. The minimum absolute atomic E-state index is 0.0803. The molecule has 0 spiro atoms. The van der Waals surface area contributed by atoms with E-state index < -0.39 is 12.1 Å². The van der Waals surface area contributed by atoms with Crippen LogP contribution in [0, 0.1) is 0 Å². The Balaban J connectivity index is 2.01. The smallest absolute Gasteiger partial charge is 0.242 e. The molecule has 3 atom stereocenters. The number of ketones is 2. The molecule has 7 heteroatoms. The van der Waals surface area contributed by atoms with Gasteiger partial charge in [0.1, 0.15) is 12.1 Å². The topological polar surface area (TPSA) is 76.1 Å². The van der Waals surface area contributed by atoms with Crippen LogP contribution in [0.15, 0.2) is 22.5 Å². The van der Waals surface area contributed by atoms with Crippen molar-refractivity contribution in [3.63, 3.8) is 0 Å². The Hall–Kier alpha value is -1.99. The summed E-state index contributed by atoms with van der Waals surface area (Å²) in [5, 5.41) is 0. The van der Waals surface area contributed by atoms with Gasteiger partial charge in [-0.15, -0.1) is 0 Å². The fraction of sp³-hybridized carbons (Fsp3) is 0.667. The van der Waals surface area contributed by atoms with Crippen molar-refractivity contribution in [2.75, 3.05) is 34.4 Å². The zero-order chi connectivity index (χ0) is 20.6. The summed E-state index contributed by atoms with van der Waals surface area (Å²) in [6.07, 6.45) is 3.39. The third-order valence-corrected chi connectivity index (χ3v) is 6.08. The van der Waals surface area contributed by atoms with E-state index in [0.29, 0.717) is 24.3 Å². The molecule has 3 aliphatic rings. The summed E-state index contributed by atoms with van der Waals surface area (Å²) >= 11 is 0. The molecule has 1 amide bonds. The number of piperazine rings is 1. The van der Waals surface area contributed by atoms with E-state index in [1.165, 1.54) is 7.11 Å².